The van der Waals surface area contributed by atoms with Gasteiger partial charge in [-0.05, 0) is 66.0 Å². The lowest BCUT2D eigenvalue weighted by atomic mass is 9.65. The van der Waals surface area contributed by atoms with E-state index in [-0.39, 0.29) is 6.42 Å². The summed E-state index contributed by atoms with van der Waals surface area (Å²) in [6.45, 7) is 13.0. The standard InChI is InChI=1S/C31H41NO5/c1-29(2,3)36-27(33)25-23(32-19-18-21-14-10-8-11-15-21)20-31(7,35)26(28(34)37-30(4,5)6)24(25)22-16-12-9-13-17-22/h8-17,24,26,32,35H,18-20H2,1-7H3/t24-,26-,31-/m1/s1. The molecule has 2 aromatic carbocycles. The van der Waals surface area contributed by atoms with Crippen LogP contribution in [0.15, 0.2) is 71.9 Å². The van der Waals surface area contributed by atoms with Crippen molar-refractivity contribution in [3.63, 3.8) is 0 Å². The van der Waals surface area contributed by atoms with Gasteiger partial charge in [0.2, 0.25) is 0 Å². The number of esters is 2. The van der Waals surface area contributed by atoms with Crippen LogP contribution < -0.4 is 5.32 Å². The molecule has 0 fully saturated rings. The van der Waals surface area contributed by atoms with E-state index in [0.717, 1.165) is 17.5 Å². The lowest BCUT2D eigenvalue weighted by Crippen LogP contribution is -2.52. The van der Waals surface area contributed by atoms with Gasteiger partial charge in [-0.2, -0.15) is 0 Å². The highest BCUT2D eigenvalue weighted by Crippen LogP contribution is 2.48. The summed E-state index contributed by atoms with van der Waals surface area (Å²) in [4.78, 5) is 27.3. The molecule has 2 aromatic rings. The Bertz CT molecular complexity index is 1110. The fraction of sp³-hybridized carbons (Fsp3) is 0.484. The number of benzene rings is 2. The third-order valence-corrected chi connectivity index (χ3v) is 6.21. The molecule has 200 valence electrons. The third-order valence-electron chi connectivity index (χ3n) is 6.21. The Labute approximate surface area is 221 Å². The zero-order chi connectivity index (χ0) is 27.4. The molecule has 0 saturated carbocycles. The first-order valence-electron chi connectivity index (χ1n) is 12.9. The average Bonchev–Trinajstić information content (AvgIpc) is 2.76. The van der Waals surface area contributed by atoms with Gasteiger partial charge < -0.3 is 19.9 Å². The number of carbonyl (C=O) groups is 2. The Hall–Kier alpha value is -3.12. The van der Waals surface area contributed by atoms with Gasteiger partial charge in [-0.25, -0.2) is 4.79 Å². The summed E-state index contributed by atoms with van der Waals surface area (Å²) in [7, 11) is 0. The molecule has 6 nitrogen and oxygen atoms in total. The molecule has 0 amide bonds. The second-order valence-electron chi connectivity index (χ2n) is 12.0. The van der Waals surface area contributed by atoms with E-state index in [2.05, 4.69) is 5.32 Å². The van der Waals surface area contributed by atoms with Crippen molar-refractivity contribution in [2.75, 3.05) is 6.54 Å². The number of nitrogens with one attached hydrogen (secondary N) is 1. The van der Waals surface area contributed by atoms with Crippen LogP contribution in [-0.2, 0) is 25.5 Å². The Morgan fingerprint density at radius 2 is 1.46 bits per heavy atom. The van der Waals surface area contributed by atoms with Crippen LogP contribution in [0.1, 0.15) is 71.9 Å². The van der Waals surface area contributed by atoms with Gasteiger partial charge in [-0.1, -0.05) is 60.7 Å². The largest absolute Gasteiger partial charge is 0.460 e. The zero-order valence-corrected chi connectivity index (χ0v) is 23.1. The van der Waals surface area contributed by atoms with Crippen molar-refractivity contribution in [1.29, 1.82) is 0 Å². The van der Waals surface area contributed by atoms with Gasteiger partial charge in [0.05, 0.1) is 17.1 Å². The van der Waals surface area contributed by atoms with Crippen LogP contribution >= 0.6 is 0 Å². The summed E-state index contributed by atoms with van der Waals surface area (Å²) in [6.07, 6.45) is 0.823. The van der Waals surface area contributed by atoms with Crippen LogP contribution in [-0.4, -0.2) is 40.4 Å². The van der Waals surface area contributed by atoms with Crippen LogP contribution in [0, 0.1) is 5.92 Å². The zero-order valence-electron chi connectivity index (χ0n) is 23.1. The molecule has 0 bridgehead atoms. The number of aliphatic hydroxyl groups is 1. The summed E-state index contributed by atoms with van der Waals surface area (Å²) in [5.74, 6) is -2.81. The van der Waals surface area contributed by atoms with Gasteiger partial charge in [0.15, 0.2) is 0 Å². The van der Waals surface area contributed by atoms with Gasteiger partial charge in [0, 0.05) is 24.6 Å². The van der Waals surface area contributed by atoms with E-state index >= 15 is 0 Å². The molecule has 37 heavy (non-hydrogen) atoms. The lowest BCUT2D eigenvalue weighted by molar-refractivity contribution is -0.171. The minimum atomic E-state index is -1.47. The van der Waals surface area contributed by atoms with Crippen molar-refractivity contribution in [2.45, 2.75) is 84.0 Å². The summed E-state index contributed by atoms with van der Waals surface area (Å²) in [5.41, 5.74) is -0.117. The average molecular weight is 508 g/mol. The smallest absolute Gasteiger partial charge is 0.336 e. The fourth-order valence-electron chi connectivity index (χ4n) is 4.79. The van der Waals surface area contributed by atoms with E-state index in [1.54, 1.807) is 27.7 Å². The predicted molar refractivity (Wildman–Crippen MR) is 145 cm³/mol. The summed E-state index contributed by atoms with van der Waals surface area (Å²) in [5, 5.41) is 15.1. The van der Waals surface area contributed by atoms with Crippen LogP contribution in [0.4, 0.5) is 0 Å². The Morgan fingerprint density at radius 3 is 2.00 bits per heavy atom. The Balaban J connectivity index is 2.12. The highest BCUT2D eigenvalue weighted by atomic mass is 16.6. The number of hydrogen-bond acceptors (Lipinski definition) is 6. The quantitative estimate of drug-likeness (QED) is 0.494. The third kappa shape index (κ3) is 7.68. The first-order chi connectivity index (χ1) is 17.2. The van der Waals surface area contributed by atoms with Gasteiger partial charge >= 0.3 is 11.9 Å². The molecule has 1 aliphatic rings. The van der Waals surface area contributed by atoms with Crippen molar-refractivity contribution in [3.05, 3.63) is 83.1 Å². The maximum absolute atomic E-state index is 13.8. The van der Waals surface area contributed by atoms with E-state index < -0.39 is 40.6 Å². The number of rotatable bonds is 7. The van der Waals surface area contributed by atoms with E-state index in [1.165, 1.54) is 0 Å². The molecule has 0 radical (unpaired) electrons. The van der Waals surface area contributed by atoms with Crippen LogP contribution in [0.5, 0.6) is 0 Å². The monoisotopic (exact) mass is 507 g/mol. The molecule has 0 aromatic heterocycles. The second kappa shape index (κ2) is 11.1. The minimum Gasteiger partial charge on any atom is -0.460 e. The highest BCUT2D eigenvalue weighted by Gasteiger charge is 2.53. The molecule has 0 saturated heterocycles. The molecule has 3 atom stereocenters. The fourth-order valence-corrected chi connectivity index (χ4v) is 4.79. The molecular formula is C31H41NO5. The van der Waals surface area contributed by atoms with Crippen LogP contribution in [0.2, 0.25) is 0 Å². The van der Waals surface area contributed by atoms with E-state index in [0.29, 0.717) is 17.8 Å². The molecule has 6 heteroatoms. The van der Waals surface area contributed by atoms with Crippen molar-refractivity contribution >= 4 is 11.9 Å². The van der Waals surface area contributed by atoms with Crippen molar-refractivity contribution < 1.29 is 24.2 Å². The Morgan fingerprint density at radius 1 is 0.919 bits per heavy atom. The lowest BCUT2D eigenvalue weighted by Gasteiger charge is -2.44. The predicted octanol–water partition coefficient (Wildman–Crippen LogP) is 5.31. The number of hydrogen-bond donors (Lipinski definition) is 2. The molecule has 2 N–H and O–H groups in total. The van der Waals surface area contributed by atoms with Gasteiger partial charge in [-0.3, -0.25) is 4.79 Å². The van der Waals surface area contributed by atoms with Crippen molar-refractivity contribution in [3.8, 4) is 0 Å². The molecule has 0 unspecified atom stereocenters. The SMILES string of the molecule is CC(C)(C)OC(=O)C1=C(NCCc2ccccc2)C[C@@](C)(O)[C@@H](C(=O)OC(C)(C)C)[C@@H]1c1ccccc1. The maximum Gasteiger partial charge on any atom is 0.336 e. The maximum atomic E-state index is 13.8. The number of carbonyl (C=O) groups excluding carboxylic acids is 2. The highest BCUT2D eigenvalue weighted by molar-refractivity contribution is 5.94. The van der Waals surface area contributed by atoms with Gasteiger partial charge in [0.25, 0.3) is 0 Å². The van der Waals surface area contributed by atoms with Crippen molar-refractivity contribution in [2.24, 2.45) is 5.92 Å². The summed E-state index contributed by atoms with van der Waals surface area (Å²) in [6, 6.07) is 19.4. The molecule has 1 aliphatic carbocycles. The topological polar surface area (TPSA) is 84.9 Å². The summed E-state index contributed by atoms with van der Waals surface area (Å²) >= 11 is 0. The van der Waals surface area contributed by atoms with Crippen LogP contribution in [0.3, 0.4) is 0 Å². The van der Waals surface area contributed by atoms with Crippen molar-refractivity contribution in [1.82, 2.24) is 5.32 Å². The van der Waals surface area contributed by atoms with Crippen LogP contribution in [0.25, 0.3) is 0 Å². The van der Waals surface area contributed by atoms with Gasteiger partial charge in [-0.15, -0.1) is 0 Å². The molecular weight excluding hydrogens is 466 g/mol. The molecule has 0 aliphatic heterocycles. The second-order valence-corrected chi connectivity index (χ2v) is 12.0. The van der Waals surface area contributed by atoms with E-state index in [1.807, 2.05) is 81.4 Å². The molecule has 0 spiro atoms. The first kappa shape index (κ1) is 28.5. The molecule has 0 heterocycles. The normalized spacial score (nSPS) is 22.4. The molecule has 3 rings (SSSR count). The Kier molecular flexibility index (Phi) is 8.53. The minimum absolute atomic E-state index is 0.0869. The van der Waals surface area contributed by atoms with Gasteiger partial charge in [0.1, 0.15) is 11.2 Å². The van der Waals surface area contributed by atoms with E-state index in [4.69, 9.17) is 9.47 Å². The summed E-state index contributed by atoms with van der Waals surface area (Å²) < 4.78 is 11.6. The first-order valence-corrected chi connectivity index (χ1v) is 12.9. The van der Waals surface area contributed by atoms with E-state index in [9.17, 15) is 14.7 Å². The number of ether oxygens (including phenoxy) is 2.